The topological polar surface area (TPSA) is 52.3 Å². The van der Waals surface area contributed by atoms with E-state index in [2.05, 4.69) is 0 Å². The molecule has 0 heterocycles. The third kappa shape index (κ3) is 5.81. The Bertz CT molecular complexity index is 395. The fourth-order valence-electron chi connectivity index (χ4n) is 1.07. The van der Waals surface area contributed by atoms with E-state index in [1.165, 1.54) is 6.08 Å². The number of benzene rings is 1. The summed E-state index contributed by atoms with van der Waals surface area (Å²) in [6, 6.07) is 6.70. The molecule has 1 rings (SSSR count). The molecule has 1 aromatic carbocycles. The second-order valence-corrected chi connectivity index (χ2v) is 4.48. The van der Waals surface area contributed by atoms with Crippen molar-refractivity contribution in [1.29, 1.82) is 0 Å². The van der Waals surface area contributed by atoms with E-state index in [4.69, 9.17) is 10.5 Å². The summed E-state index contributed by atoms with van der Waals surface area (Å²) < 4.78 is 29.2. The van der Waals surface area contributed by atoms with Gasteiger partial charge in [0.2, 0.25) is 0 Å². The Kier molecular flexibility index (Phi) is 7.78. The Balaban J connectivity index is 0.00000256. The quantitative estimate of drug-likeness (QED) is 0.897. The molecule has 0 spiro atoms. The maximum absolute atomic E-state index is 12.9. The van der Waals surface area contributed by atoms with Crippen molar-refractivity contribution in [3.63, 3.8) is 0 Å². The summed E-state index contributed by atoms with van der Waals surface area (Å²) in [4.78, 5) is 0.713. The predicted molar refractivity (Wildman–Crippen MR) is 69.8 cm³/mol. The maximum Gasteiger partial charge on any atom is 0.139 e. The van der Waals surface area contributed by atoms with Crippen LogP contribution in [0, 0.1) is 0 Å². The molecule has 0 fully saturated rings. The second kappa shape index (κ2) is 8.22. The van der Waals surface area contributed by atoms with Crippen LogP contribution >= 0.6 is 12.4 Å². The van der Waals surface area contributed by atoms with Crippen molar-refractivity contribution in [1.82, 2.24) is 0 Å². The molecule has 0 aliphatic heterocycles. The molecule has 17 heavy (non-hydrogen) atoms. The number of nitrogens with two attached hydrogens (primary N) is 1. The van der Waals surface area contributed by atoms with Gasteiger partial charge in [0.15, 0.2) is 0 Å². The molecule has 96 valence electrons. The highest BCUT2D eigenvalue weighted by Gasteiger charge is 1.99. The Hall–Kier alpha value is -0.910. The van der Waals surface area contributed by atoms with Crippen LogP contribution in [0.5, 0.6) is 5.75 Å². The van der Waals surface area contributed by atoms with E-state index in [-0.39, 0.29) is 25.6 Å². The molecule has 0 aromatic heterocycles. The highest BCUT2D eigenvalue weighted by atomic mass is 35.5. The summed E-state index contributed by atoms with van der Waals surface area (Å²) in [5, 5.41) is 0. The fourth-order valence-corrected chi connectivity index (χ4v) is 1.59. The third-order valence-corrected chi connectivity index (χ3v) is 2.81. The predicted octanol–water partition coefficient (Wildman–Crippen LogP) is 2.04. The van der Waals surface area contributed by atoms with E-state index in [9.17, 15) is 8.60 Å². The van der Waals surface area contributed by atoms with E-state index in [0.717, 1.165) is 0 Å². The first kappa shape index (κ1) is 16.1. The Labute approximate surface area is 109 Å². The Morgan fingerprint density at radius 1 is 1.47 bits per heavy atom. The van der Waals surface area contributed by atoms with Gasteiger partial charge in [-0.25, -0.2) is 4.39 Å². The molecular formula is C11H15ClFNO2S. The van der Waals surface area contributed by atoms with E-state index in [0.29, 0.717) is 10.6 Å². The van der Waals surface area contributed by atoms with Gasteiger partial charge < -0.3 is 10.5 Å². The highest BCUT2D eigenvalue weighted by Crippen LogP contribution is 2.15. The van der Waals surface area contributed by atoms with Crippen molar-refractivity contribution in [3.8, 4) is 5.75 Å². The molecule has 3 nitrogen and oxygen atoms in total. The number of hydrogen-bond donors (Lipinski definition) is 1. The van der Waals surface area contributed by atoms with Crippen LogP contribution in [0.2, 0.25) is 0 Å². The molecule has 2 N–H and O–H groups in total. The lowest BCUT2D eigenvalue weighted by Crippen LogP contribution is -2.01. The molecule has 1 aromatic rings. The zero-order valence-electron chi connectivity index (χ0n) is 9.39. The van der Waals surface area contributed by atoms with Gasteiger partial charge in [-0.3, -0.25) is 4.21 Å². The van der Waals surface area contributed by atoms with Crippen LogP contribution in [0.1, 0.15) is 0 Å². The summed E-state index contributed by atoms with van der Waals surface area (Å²) >= 11 is 0. The first-order valence-corrected chi connectivity index (χ1v) is 6.30. The lowest BCUT2D eigenvalue weighted by atomic mass is 10.3. The SMILES string of the molecule is CS(=O)c1ccc(OC/C(F)=C/CN)cc1.Cl. The number of rotatable bonds is 5. The minimum atomic E-state index is -1.01. The van der Waals surface area contributed by atoms with E-state index >= 15 is 0 Å². The average molecular weight is 280 g/mol. The molecule has 1 unspecified atom stereocenters. The summed E-state index contributed by atoms with van der Waals surface area (Å²) in [6.45, 7) is 0.0225. The van der Waals surface area contributed by atoms with Gasteiger partial charge in [-0.2, -0.15) is 0 Å². The number of ether oxygens (including phenoxy) is 1. The molecule has 0 saturated carbocycles. The first-order chi connectivity index (χ1) is 7.63. The molecule has 0 bridgehead atoms. The summed E-state index contributed by atoms with van der Waals surface area (Å²) in [7, 11) is -1.01. The largest absolute Gasteiger partial charge is 0.487 e. The number of halogens is 2. The van der Waals surface area contributed by atoms with Crippen LogP contribution in [0.25, 0.3) is 0 Å². The Morgan fingerprint density at radius 3 is 2.53 bits per heavy atom. The summed E-state index contributed by atoms with van der Waals surface area (Å²) in [6.07, 6.45) is 2.86. The van der Waals surface area contributed by atoms with Crippen LogP contribution in [-0.4, -0.2) is 23.6 Å². The van der Waals surface area contributed by atoms with Crippen LogP contribution in [0.3, 0.4) is 0 Å². The maximum atomic E-state index is 12.9. The minimum Gasteiger partial charge on any atom is -0.487 e. The zero-order valence-corrected chi connectivity index (χ0v) is 11.0. The van der Waals surface area contributed by atoms with E-state index in [1.54, 1.807) is 30.5 Å². The standard InChI is InChI=1S/C11H14FNO2S.ClH/c1-16(14)11-4-2-10(3-5-11)15-8-9(12)6-7-13;/h2-6H,7-8,13H2,1H3;1H/b9-6-;. The van der Waals surface area contributed by atoms with Crippen LogP contribution in [0.4, 0.5) is 4.39 Å². The van der Waals surface area contributed by atoms with Crippen LogP contribution in [0.15, 0.2) is 41.1 Å². The second-order valence-electron chi connectivity index (χ2n) is 3.10. The highest BCUT2D eigenvalue weighted by molar-refractivity contribution is 7.84. The van der Waals surface area contributed by atoms with Crippen LogP contribution < -0.4 is 10.5 Å². The molecule has 0 aliphatic carbocycles. The van der Waals surface area contributed by atoms with Gasteiger partial charge in [0.05, 0.1) is 0 Å². The molecule has 0 amide bonds. The van der Waals surface area contributed by atoms with Gasteiger partial charge in [-0.1, -0.05) is 0 Å². The Morgan fingerprint density at radius 2 is 2.06 bits per heavy atom. The van der Waals surface area contributed by atoms with Gasteiger partial charge in [0.25, 0.3) is 0 Å². The van der Waals surface area contributed by atoms with Gasteiger partial charge >= 0.3 is 0 Å². The minimum absolute atomic E-state index is 0. The molecule has 1 atom stereocenters. The van der Waals surface area contributed by atoms with Crippen molar-refractivity contribution in [2.45, 2.75) is 4.90 Å². The summed E-state index contributed by atoms with van der Waals surface area (Å²) in [5.41, 5.74) is 5.15. The van der Waals surface area contributed by atoms with Crippen LogP contribution in [-0.2, 0) is 10.8 Å². The van der Waals surface area contributed by atoms with Gasteiger partial charge in [-0.15, -0.1) is 12.4 Å². The van der Waals surface area contributed by atoms with E-state index < -0.39 is 16.6 Å². The molecule has 0 aliphatic rings. The normalized spacial score (nSPS) is 12.8. The smallest absolute Gasteiger partial charge is 0.139 e. The van der Waals surface area contributed by atoms with Gasteiger partial charge in [-0.05, 0) is 30.3 Å². The number of hydrogen-bond acceptors (Lipinski definition) is 3. The molecule has 6 heteroatoms. The van der Waals surface area contributed by atoms with Gasteiger partial charge in [0, 0.05) is 28.5 Å². The summed E-state index contributed by atoms with van der Waals surface area (Å²) in [5.74, 6) is 0.139. The fraction of sp³-hybridized carbons (Fsp3) is 0.273. The van der Waals surface area contributed by atoms with Crippen molar-refractivity contribution in [2.75, 3.05) is 19.4 Å². The lowest BCUT2D eigenvalue weighted by molar-refractivity contribution is 0.318. The van der Waals surface area contributed by atoms with E-state index in [1.807, 2.05) is 0 Å². The first-order valence-electron chi connectivity index (χ1n) is 4.74. The van der Waals surface area contributed by atoms with Gasteiger partial charge in [0.1, 0.15) is 18.2 Å². The van der Waals surface area contributed by atoms with Crippen molar-refractivity contribution >= 4 is 23.2 Å². The van der Waals surface area contributed by atoms with Crippen molar-refractivity contribution < 1.29 is 13.3 Å². The molecule has 0 saturated heterocycles. The monoisotopic (exact) mass is 279 g/mol. The third-order valence-electron chi connectivity index (χ3n) is 1.87. The van der Waals surface area contributed by atoms with Crippen molar-refractivity contribution in [2.24, 2.45) is 5.73 Å². The lowest BCUT2D eigenvalue weighted by Gasteiger charge is -2.05. The zero-order chi connectivity index (χ0) is 12.0. The molecule has 0 radical (unpaired) electrons. The van der Waals surface area contributed by atoms with Crippen molar-refractivity contribution in [3.05, 3.63) is 36.2 Å². The molecular weight excluding hydrogens is 265 g/mol. The average Bonchev–Trinajstić information content (AvgIpc) is 2.27.